The summed E-state index contributed by atoms with van der Waals surface area (Å²) in [5, 5.41) is 8.94. The highest BCUT2D eigenvalue weighted by Gasteiger charge is 2.52. The van der Waals surface area contributed by atoms with Crippen molar-refractivity contribution >= 4 is 22.8 Å². The zero-order chi connectivity index (χ0) is 17.7. The number of H-pyrrole nitrogens is 2. The third-order valence-corrected chi connectivity index (χ3v) is 5.37. The topological polar surface area (TPSA) is 107 Å². The van der Waals surface area contributed by atoms with E-state index >= 15 is 0 Å². The van der Waals surface area contributed by atoms with Gasteiger partial charge in [0.15, 0.2) is 0 Å². The molecule has 1 saturated heterocycles. The number of fused-ring (bicyclic) bond motifs is 1. The summed E-state index contributed by atoms with van der Waals surface area (Å²) in [6.07, 6.45) is 6.37. The standard InChI is InChI=1S/C17H20N8O/c1-11-21-14(23-22-11)16(26)25-8-2-7-24(9-17(25)4-5-17)15-12-3-6-18-13(12)19-10-20-15/h3,6,10H,2,4-5,7-9H2,1H3,(H,18,19,20)(H,21,22,23). The Kier molecular flexibility index (Phi) is 3.25. The lowest BCUT2D eigenvalue weighted by molar-refractivity contribution is 0.0657. The van der Waals surface area contributed by atoms with E-state index in [0.717, 1.165) is 55.7 Å². The third kappa shape index (κ3) is 2.34. The van der Waals surface area contributed by atoms with E-state index in [1.54, 1.807) is 13.3 Å². The van der Waals surface area contributed by atoms with Crippen molar-refractivity contribution in [2.45, 2.75) is 31.7 Å². The fourth-order valence-corrected chi connectivity index (χ4v) is 3.93. The number of aromatic nitrogens is 6. The van der Waals surface area contributed by atoms with E-state index in [4.69, 9.17) is 0 Å². The van der Waals surface area contributed by atoms with Gasteiger partial charge in [-0.1, -0.05) is 0 Å². The Morgan fingerprint density at radius 2 is 2.12 bits per heavy atom. The second-order valence-corrected chi connectivity index (χ2v) is 7.15. The van der Waals surface area contributed by atoms with Crippen molar-refractivity contribution in [3.8, 4) is 0 Å². The molecular weight excluding hydrogens is 332 g/mol. The number of nitrogens with zero attached hydrogens (tertiary/aromatic N) is 6. The molecule has 3 aromatic heterocycles. The predicted molar refractivity (Wildman–Crippen MR) is 94.8 cm³/mol. The summed E-state index contributed by atoms with van der Waals surface area (Å²) in [5.74, 6) is 1.87. The molecule has 9 nitrogen and oxygen atoms in total. The van der Waals surface area contributed by atoms with Gasteiger partial charge in [-0.2, -0.15) is 0 Å². The van der Waals surface area contributed by atoms with Gasteiger partial charge in [-0.15, -0.1) is 10.2 Å². The molecule has 134 valence electrons. The zero-order valence-corrected chi connectivity index (χ0v) is 14.6. The van der Waals surface area contributed by atoms with E-state index in [1.807, 2.05) is 17.2 Å². The summed E-state index contributed by atoms with van der Waals surface area (Å²) in [6, 6.07) is 2.01. The summed E-state index contributed by atoms with van der Waals surface area (Å²) in [7, 11) is 0. The molecule has 0 bridgehead atoms. The minimum absolute atomic E-state index is 0.0561. The highest BCUT2D eigenvalue weighted by molar-refractivity contribution is 5.92. The molecule has 1 aliphatic heterocycles. The number of anilines is 1. The minimum Gasteiger partial charge on any atom is -0.354 e. The van der Waals surface area contributed by atoms with E-state index in [0.29, 0.717) is 11.6 Å². The summed E-state index contributed by atoms with van der Waals surface area (Å²) in [6.45, 7) is 4.16. The van der Waals surface area contributed by atoms with Crippen LogP contribution in [0.3, 0.4) is 0 Å². The van der Waals surface area contributed by atoms with Gasteiger partial charge in [-0.25, -0.2) is 9.97 Å². The Bertz CT molecular complexity index is 972. The zero-order valence-electron chi connectivity index (χ0n) is 14.6. The number of hydrogen-bond acceptors (Lipinski definition) is 6. The molecule has 2 N–H and O–H groups in total. The van der Waals surface area contributed by atoms with Crippen LogP contribution in [0, 0.1) is 6.92 Å². The molecule has 26 heavy (non-hydrogen) atoms. The first kappa shape index (κ1) is 15.3. The Labute approximate surface area is 149 Å². The SMILES string of the molecule is Cc1nnc(C(=O)N2CCCN(c3ncnc4[nH]ccc34)CC23CC3)[nH]1. The van der Waals surface area contributed by atoms with Gasteiger partial charge in [-0.3, -0.25) is 4.79 Å². The third-order valence-electron chi connectivity index (χ3n) is 5.37. The average Bonchev–Trinajstić information content (AvgIpc) is 3.09. The van der Waals surface area contributed by atoms with Gasteiger partial charge in [0.2, 0.25) is 5.82 Å². The second kappa shape index (κ2) is 5.52. The largest absolute Gasteiger partial charge is 0.354 e. The van der Waals surface area contributed by atoms with Crippen LogP contribution in [-0.2, 0) is 0 Å². The molecule has 0 unspecified atom stereocenters. The van der Waals surface area contributed by atoms with E-state index in [1.165, 1.54) is 0 Å². The van der Waals surface area contributed by atoms with Crippen molar-refractivity contribution in [3.05, 3.63) is 30.2 Å². The highest BCUT2D eigenvalue weighted by atomic mass is 16.2. The van der Waals surface area contributed by atoms with Crippen molar-refractivity contribution in [2.75, 3.05) is 24.5 Å². The Balaban J connectivity index is 1.46. The molecule has 0 radical (unpaired) electrons. The van der Waals surface area contributed by atoms with E-state index in [9.17, 15) is 4.79 Å². The predicted octanol–water partition coefficient (Wildman–Crippen LogP) is 1.27. The van der Waals surface area contributed by atoms with Gasteiger partial charge in [0, 0.05) is 25.8 Å². The fraction of sp³-hybridized carbons (Fsp3) is 0.471. The van der Waals surface area contributed by atoms with Crippen LogP contribution in [0.2, 0.25) is 0 Å². The van der Waals surface area contributed by atoms with Crippen LogP contribution < -0.4 is 4.90 Å². The number of carbonyl (C=O) groups is 1. The molecular formula is C17H20N8O. The van der Waals surface area contributed by atoms with Gasteiger partial charge in [0.25, 0.3) is 5.91 Å². The number of amides is 1. The molecule has 9 heteroatoms. The second-order valence-electron chi connectivity index (χ2n) is 7.15. The average molecular weight is 352 g/mol. The van der Waals surface area contributed by atoms with Gasteiger partial charge >= 0.3 is 0 Å². The smallest absolute Gasteiger partial charge is 0.292 e. The molecule has 0 aromatic carbocycles. The quantitative estimate of drug-likeness (QED) is 0.719. The maximum Gasteiger partial charge on any atom is 0.292 e. The summed E-state index contributed by atoms with van der Waals surface area (Å²) >= 11 is 0. The molecule has 2 fully saturated rings. The van der Waals surface area contributed by atoms with Crippen LogP contribution in [-0.4, -0.2) is 66.1 Å². The van der Waals surface area contributed by atoms with E-state index in [2.05, 4.69) is 35.0 Å². The Morgan fingerprint density at radius 1 is 1.23 bits per heavy atom. The van der Waals surface area contributed by atoms with Crippen molar-refractivity contribution in [3.63, 3.8) is 0 Å². The van der Waals surface area contributed by atoms with Crippen molar-refractivity contribution in [1.82, 2.24) is 35.0 Å². The molecule has 3 aromatic rings. The van der Waals surface area contributed by atoms with Gasteiger partial charge in [0.05, 0.1) is 10.9 Å². The number of rotatable bonds is 2. The molecule has 5 rings (SSSR count). The molecule has 1 amide bonds. The number of aromatic amines is 2. The summed E-state index contributed by atoms with van der Waals surface area (Å²) < 4.78 is 0. The Morgan fingerprint density at radius 3 is 2.88 bits per heavy atom. The van der Waals surface area contributed by atoms with Crippen molar-refractivity contribution < 1.29 is 4.79 Å². The van der Waals surface area contributed by atoms with Gasteiger partial charge in [-0.05, 0) is 32.3 Å². The monoisotopic (exact) mass is 352 g/mol. The minimum atomic E-state index is -0.137. The van der Waals surface area contributed by atoms with Crippen LogP contribution in [0.15, 0.2) is 18.6 Å². The molecule has 1 spiro atoms. The first-order valence-corrected chi connectivity index (χ1v) is 8.91. The van der Waals surface area contributed by atoms with Crippen LogP contribution in [0.25, 0.3) is 11.0 Å². The lowest BCUT2D eigenvalue weighted by Crippen LogP contribution is -2.47. The lowest BCUT2D eigenvalue weighted by Gasteiger charge is -2.32. The highest BCUT2D eigenvalue weighted by Crippen LogP contribution is 2.45. The van der Waals surface area contributed by atoms with E-state index in [-0.39, 0.29) is 11.4 Å². The Hall–Kier alpha value is -2.97. The number of hydrogen-bond donors (Lipinski definition) is 2. The van der Waals surface area contributed by atoms with Crippen molar-refractivity contribution in [2.24, 2.45) is 0 Å². The van der Waals surface area contributed by atoms with Crippen LogP contribution in [0.4, 0.5) is 5.82 Å². The van der Waals surface area contributed by atoms with Crippen LogP contribution in [0.1, 0.15) is 35.7 Å². The first-order valence-electron chi connectivity index (χ1n) is 8.91. The van der Waals surface area contributed by atoms with Crippen LogP contribution >= 0.6 is 0 Å². The maximum atomic E-state index is 13.0. The summed E-state index contributed by atoms with van der Waals surface area (Å²) in [4.78, 5) is 32.2. The molecule has 2 aliphatic rings. The number of aryl methyl sites for hydroxylation is 1. The molecule has 4 heterocycles. The first-order chi connectivity index (χ1) is 12.7. The molecule has 0 atom stereocenters. The van der Waals surface area contributed by atoms with Crippen molar-refractivity contribution in [1.29, 1.82) is 0 Å². The fourth-order valence-electron chi connectivity index (χ4n) is 3.93. The molecule has 1 aliphatic carbocycles. The van der Waals surface area contributed by atoms with Gasteiger partial charge < -0.3 is 19.8 Å². The lowest BCUT2D eigenvalue weighted by atomic mass is 10.2. The normalized spacial score (nSPS) is 19.1. The maximum absolute atomic E-state index is 13.0. The molecule has 1 saturated carbocycles. The van der Waals surface area contributed by atoms with Gasteiger partial charge in [0.1, 0.15) is 23.6 Å². The number of carbonyl (C=O) groups excluding carboxylic acids is 1. The van der Waals surface area contributed by atoms with E-state index < -0.39 is 0 Å². The van der Waals surface area contributed by atoms with Crippen LogP contribution in [0.5, 0.6) is 0 Å². The summed E-state index contributed by atoms with van der Waals surface area (Å²) in [5.41, 5.74) is 0.705. The number of nitrogens with one attached hydrogen (secondary N) is 2.